The van der Waals surface area contributed by atoms with Gasteiger partial charge in [0.2, 0.25) is 0 Å². The zero-order chi connectivity index (χ0) is 12.1. The van der Waals surface area contributed by atoms with Crippen molar-refractivity contribution in [2.24, 2.45) is 0 Å². The summed E-state index contributed by atoms with van der Waals surface area (Å²) in [6, 6.07) is 3.17. The number of carbonyl (C=O) groups is 1. The van der Waals surface area contributed by atoms with Gasteiger partial charge in [0.25, 0.3) is 0 Å². The van der Waals surface area contributed by atoms with E-state index in [2.05, 4.69) is 15.9 Å². The predicted molar refractivity (Wildman–Crippen MR) is 63.4 cm³/mol. The average molecular weight is 289 g/mol. The number of halogens is 1. The van der Waals surface area contributed by atoms with Gasteiger partial charge in [0, 0.05) is 4.47 Å². The lowest BCUT2D eigenvalue weighted by molar-refractivity contribution is 0.0691. The first kappa shape index (κ1) is 12.8. The Bertz CT molecular complexity index is 390. The van der Waals surface area contributed by atoms with E-state index in [1.165, 1.54) is 13.2 Å². The standard InChI is InChI=1S/C11H13BrO4/c1-3-4-16-10-8(11(13)14)5-7(12)6-9(10)15-2/h5-6H,3-4H2,1-2H3,(H,13,14). The maximum absolute atomic E-state index is 11.0. The second-order valence-electron chi connectivity index (χ2n) is 3.14. The molecule has 0 fully saturated rings. The van der Waals surface area contributed by atoms with Gasteiger partial charge in [0.15, 0.2) is 11.5 Å². The van der Waals surface area contributed by atoms with E-state index >= 15 is 0 Å². The number of carboxylic acid groups (broad SMARTS) is 1. The van der Waals surface area contributed by atoms with Gasteiger partial charge in [-0.15, -0.1) is 0 Å². The Morgan fingerprint density at radius 3 is 2.69 bits per heavy atom. The van der Waals surface area contributed by atoms with Gasteiger partial charge in [0.1, 0.15) is 5.56 Å². The van der Waals surface area contributed by atoms with Crippen molar-refractivity contribution in [1.29, 1.82) is 0 Å². The zero-order valence-electron chi connectivity index (χ0n) is 9.12. The van der Waals surface area contributed by atoms with Crippen molar-refractivity contribution in [2.75, 3.05) is 13.7 Å². The normalized spacial score (nSPS) is 9.94. The summed E-state index contributed by atoms with van der Waals surface area (Å²) in [6.07, 6.45) is 0.804. The Kier molecular flexibility index (Phi) is 4.61. The topological polar surface area (TPSA) is 55.8 Å². The molecule has 0 amide bonds. The first-order chi connectivity index (χ1) is 7.60. The van der Waals surface area contributed by atoms with E-state index in [0.717, 1.165) is 6.42 Å². The third-order valence-electron chi connectivity index (χ3n) is 1.92. The lowest BCUT2D eigenvalue weighted by Crippen LogP contribution is -2.05. The minimum atomic E-state index is -1.04. The van der Waals surface area contributed by atoms with Crippen LogP contribution in [0.25, 0.3) is 0 Å². The van der Waals surface area contributed by atoms with Gasteiger partial charge in [-0.1, -0.05) is 22.9 Å². The number of aromatic carboxylic acids is 1. The third-order valence-corrected chi connectivity index (χ3v) is 2.38. The molecule has 0 aliphatic carbocycles. The van der Waals surface area contributed by atoms with Crippen LogP contribution >= 0.6 is 15.9 Å². The highest BCUT2D eigenvalue weighted by Gasteiger charge is 2.17. The molecule has 88 valence electrons. The van der Waals surface area contributed by atoms with Crippen molar-refractivity contribution < 1.29 is 19.4 Å². The van der Waals surface area contributed by atoms with E-state index in [9.17, 15) is 4.79 Å². The van der Waals surface area contributed by atoms with Crippen LogP contribution in [-0.4, -0.2) is 24.8 Å². The number of ether oxygens (including phenoxy) is 2. The van der Waals surface area contributed by atoms with Gasteiger partial charge in [-0.05, 0) is 18.6 Å². The molecule has 0 aliphatic heterocycles. The van der Waals surface area contributed by atoms with E-state index in [4.69, 9.17) is 14.6 Å². The molecule has 0 saturated heterocycles. The number of benzene rings is 1. The van der Waals surface area contributed by atoms with Crippen molar-refractivity contribution >= 4 is 21.9 Å². The van der Waals surface area contributed by atoms with Crippen LogP contribution in [0.4, 0.5) is 0 Å². The molecule has 0 saturated carbocycles. The fraction of sp³-hybridized carbons (Fsp3) is 0.364. The molecule has 0 unspecified atom stereocenters. The molecule has 0 heterocycles. The van der Waals surface area contributed by atoms with Crippen LogP contribution < -0.4 is 9.47 Å². The Morgan fingerprint density at radius 2 is 2.19 bits per heavy atom. The molecule has 5 heteroatoms. The zero-order valence-corrected chi connectivity index (χ0v) is 10.7. The summed E-state index contributed by atoms with van der Waals surface area (Å²) in [7, 11) is 1.48. The number of methoxy groups -OCH3 is 1. The SMILES string of the molecule is CCCOc1c(OC)cc(Br)cc1C(=O)O. The van der Waals surface area contributed by atoms with Crippen molar-refractivity contribution in [3.8, 4) is 11.5 Å². The largest absolute Gasteiger partial charge is 0.493 e. The van der Waals surface area contributed by atoms with Gasteiger partial charge in [0.05, 0.1) is 13.7 Å². The second-order valence-corrected chi connectivity index (χ2v) is 4.05. The molecular weight excluding hydrogens is 276 g/mol. The maximum atomic E-state index is 11.0. The molecule has 0 radical (unpaired) electrons. The number of carboxylic acids is 1. The Hall–Kier alpha value is -1.23. The highest BCUT2D eigenvalue weighted by Crippen LogP contribution is 2.34. The molecule has 16 heavy (non-hydrogen) atoms. The van der Waals surface area contributed by atoms with Gasteiger partial charge in [-0.2, -0.15) is 0 Å². The highest BCUT2D eigenvalue weighted by atomic mass is 79.9. The van der Waals surface area contributed by atoms with Gasteiger partial charge < -0.3 is 14.6 Å². The predicted octanol–water partition coefficient (Wildman–Crippen LogP) is 2.94. The average Bonchev–Trinajstić information content (AvgIpc) is 2.26. The van der Waals surface area contributed by atoms with Crippen LogP contribution in [0, 0.1) is 0 Å². The van der Waals surface area contributed by atoms with Crippen molar-refractivity contribution in [3.63, 3.8) is 0 Å². The smallest absolute Gasteiger partial charge is 0.339 e. The van der Waals surface area contributed by atoms with Crippen molar-refractivity contribution in [1.82, 2.24) is 0 Å². The summed E-state index contributed by atoms with van der Waals surface area (Å²) in [5.74, 6) is -0.342. The summed E-state index contributed by atoms with van der Waals surface area (Å²) in [4.78, 5) is 11.0. The van der Waals surface area contributed by atoms with Crippen LogP contribution in [-0.2, 0) is 0 Å². The minimum absolute atomic E-state index is 0.0969. The van der Waals surface area contributed by atoms with Crippen molar-refractivity contribution in [3.05, 3.63) is 22.2 Å². The fourth-order valence-electron chi connectivity index (χ4n) is 1.23. The molecule has 0 aromatic heterocycles. The molecule has 0 aliphatic rings. The number of hydrogen-bond acceptors (Lipinski definition) is 3. The Morgan fingerprint density at radius 1 is 1.50 bits per heavy atom. The first-order valence-electron chi connectivity index (χ1n) is 4.83. The van der Waals surface area contributed by atoms with Gasteiger partial charge >= 0.3 is 5.97 Å². The monoisotopic (exact) mass is 288 g/mol. The lowest BCUT2D eigenvalue weighted by Gasteiger charge is -2.13. The molecule has 1 aromatic rings. The summed E-state index contributed by atoms with van der Waals surface area (Å²) >= 11 is 3.23. The van der Waals surface area contributed by atoms with E-state index < -0.39 is 5.97 Å². The van der Waals surface area contributed by atoms with Crippen molar-refractivity contribution in [2.45, 2.75) is 13.3 Å². The van der Waals surface area contributed by atoms with E-state index in [0.29, 0.717) is 16.8 Å². The van der Waals surface area contributed by atoms with Crippen LogP contribution in [0.2, 0.25) is 0 Å². The van der Waals surface area contributed by atoms with Gasteiger partial charge in [-0.25, -0.2) is 4.79 Å². The van der Waals surface area contributed by atoms with Crippen LogP contribution in [0.5, 0.6) is 11.5 Å². The maximum Gasteiger partial charge on any atom is 0.339 e. The van der Waals surface area contributed by atoms with E-state index in [1.54, 1.807) is 6.07 Å². The molecule has 4 nitrogen and oxygen atoms in total. The van der Waals surface area contributed by atoms with E-state index in [-0.39, 0.29) is 11.3 Å². The summed E-state index contributed by atoms with van der Waals surface area (Å²) in [6.45, 7) is 2.41. The van der Waals surface area contributed by atoms with E-state index in [1.807, 2.05) is 6.92 Å². The summed E-state index contributed by atoms with van der Waals surface area (Å²) < 4.78 is 11.1. The quantitative estimate of drug-likeness (QED) is 0.905. The highest BCUT2D eigenvalue weighted by molar-refractivity contribution is 9.10. The third kappa shape index (κ3) is 2.88. The molecule has 0 bridgehead atoms. The summed E-state index contributed by atoms with van der Waals surface area (Å²) in [5, 5.41) is 9.05. The minimum Gasteiger partial charge on any atom is -0.493 e. The summed E-state index contributed by atoms with van der Waals surface area (Å²) in [5.41, 5.74) is 0.0969. The molecule has 0 atom stereocenters. The number of hydrogen-bond donors (Lipinski definition) is 1. The van der Waals surface area contributed by atoms with Crippen LogP contribution in [0.3, 0.4) is 0 Å². The van der Waals surface area contributed by atoms with Crippen LogP contribution in [0.1, 0.15) is 23.7 Å². The lowest BCUT2D eigenvalue weighted by atomic mass is 10.2. The molecular formula is C11H13BrO4. The molecule has 1 aromatic carbocycles. The molecule has 1 rings (SSSR count). The Labute approximate surface area is 102 Å². The fourth-order valence-corrected chi connectivity index (χ4v) is 1.67. The second kappa shape index (κ2) is 5.75. The van der Waals surface area contributed by atoms with Crippen LogP contribution in [0.15, 0.2) is 16.6 Å². The van der Waals surface area contributed by atoms with Gasteiger partial charge in [-0.3, -0.25) is 0 Å². The first-order valence-corrected chi connectivity index (χ1v) is 5.63. The molecule has 1 N–H and O–H groups in total. The Balaban J connectivity index is 3.21. The molecule has 0 spiro atoms. The number of rotatable bonds is 5.